The van der Waals surface area contributed by atoms with Crippen LogP contribution in [0.5, 0.6) is 0 Å². The Hall–Kier alpha value is -2.38. The van der Waals surface area contributed by atoms with Crippen molar-refractivity contribution in [3.63, 3.8) is 0 Å². The van der Waals surface area contributed by atoms with Gasteiger partial charge in [-0.05, 0) is 19.8 Å². The lowest BCUT2D eigenvalue weighted by Crippen LogP contribution is -2.39. The molecule has 0 saturated heterocycles. The van der Waals surface area contributed by atoms with Gasteiger partial charge in [-0.3, -0.25) is 18.7 Å². The second-order valence-corrected chi connectivity index (χ2v) is 5.25. The van der Waals surface area contributed by atoms with Gasteiger partial charge in [0.15, 0.2) is 11.2 Å². The smallest absolute Gasteiger partial charge is 0.332 e. The van der Waals surface area contributed by atoms with Crippen LogP contribution in [0.25, 0.3) is 11.2 Å². The van der Waals surface area contributed by atoms with Crippen molar-refractivity contribution in [3.8, 4) is 0 Å². The molecule has 0 aromatic carbocycles. The second-order valence-electron chi connectivity index (χ2n) is 5.25. The number of carbonyl (C=O) groups is 1. The molecule has 8 nitrogen and oxygen atoms in total. The van der Waals surface area contributed by atoms with Crippen molar-refractivity contribution in [1.82, 2.24) is 18.7 Å². The summed E-state index contributed by atoms with van der Waals surface area (Å²) in [7, 11) is 3.34. The SMILES string of the molecule is CCn1c(=O)c2c(nc(CCCCC(=O)O)n2C)n(C)c1=O. The average molecular weight is 308 g/mol. The van der Waals surface area contributed by atoms with Crippen LogP contribution in [0, 0.1) is 0 Å². The Labute approximate surface area is 126 Å². The molecule has 2 rings (SSSR count). The minimum atomic E-state index is -0.821. The van der Waals surface area contributed by atoms with E-state index in [0.29, 0.717) is 42.8 Å². The zero-order chi connectivity index (χ0) is 16.4. The van der Waals surface area contributed by atoms with E-state index in [1.807, 2.05) is 0 Å². The summed E-state index contributed by atoms with van der Waals surface area (Å²) in [5.74, 6) is -0.139. The molecule has 0 aliphatic rings. The lowest BCUT2D eigenvalue weighted by atomic mass is 10.2. The maximum atomic E-state index is 12.4. The van der Waals surface area contributed by atoms with Crippen molar-refractivity contribution in [2.45, 2.75) is 39.2 Å². The molecule has 120 valence electrons. The molecule has 2 aromatic rings. The number of carboxylic acid groups (broad SMARTS) is 1. The molecule has 0 fully saturated rings. The molecule has 22 heavy (non-hydrogen) atoms. The van der Waals surface area contributed by atoms with E-state index in [2.05, 4.69) is 4.98 Å². The summed E-state index contributed by atoms with van der Waals surface area (Å²) in [6, 6.07) is 0. The molecule has 0 unspecified atom stereocenters. The minimum absolute atomic E-state index is 0.116. The van der Waals surface area contributed by atoms with Gasteiger partial charge in [-0.1, -0.05) is 0 Å². The van der Waals surface area contributed by atoms with Crippen molar-refractivity contribution in [2.24, 2.45) is 14.1 Å². The van der Waals surface area contributed by atoms with Gasteiger partial charge in [-0.25, -0.2) is 9.78 Å². The normalized spacial score (nSPS) is 11.2. The fraction of sp³-hybridized carbons (Fsp3) is 0.571. The number of hydrogen-bond acceptors (Lipinski definition) is 4. The topological polar surface area (TPSA) is 99.1 Å². The second kappa shape index (κ2) is 6.17. The Morgan fingerprint density at radius 2 is 1.86 bits per heavy atom. The van der Waals surface area contributed by atoms with Gasteiger partial charge < -0.3 is 9.67 Å². The van der Waals surface area contributed by atoms with Crippen LogP contribution in [0.4, 0.5) is 0 Å². The molecule has 0 radical (unpaired) electrons. The Morgan fingerprint density at radius 3 is 2.45 bits per heavy atom. The monoisotopic (exact) mass is 308 g/mol. The van der Waals surface area contributed by atoms with Crippen molar-refractivity contribution in [2.75, 3.05) is 0 Å². The van der Waals surface area contributed by atoms with E-state index in [9.17, 15) is 14.4 Å². The van der Waals surface area contributed by atoms with E-state index in [-0.39, 0.29) is 17.7 Å². The van der Waals surface area contributed by atoms with E-state index in [1.165, 1.54) is 9.13 Å². The lowest BCUT2D eigenvalue weighted by Gasteiger charge is -2.05. The van der Waals surface area contributed by atoms with Gasteiger partial charge in [0.1, 0.15) is 5.82 Å². The van der Waals surface area contributed by atoms with Crippen LogP contribution in [-0.4, -0.2) is 29.8 Å². The number of carboxylic acids is 1. The van der Waals surface area contributed by atoms with Crippen LogP contribution < -0.4 is 11.2 Å². The molecule has 0 atom stereocenters. The third-order valence-electron chi connectivity index (χ3n) is 3.81. The van der Waals surface area contributed by atoms with Gasteiger partial charge in [0.25, 0.3) is 5.56 Å². The molecule has 0 spiro atoms. The van der Waals surface area contributed by atoms with Gasteiger partial charge in [0.05, 0.1) is 0 Å². The summed E-state index contributed by atoms with van der Waals surface area (Å²) in [6.45, 7) is 2.05. The van der Waals surface area contributed by atoms with Crippen molar-refractivity contribution < 1.29 is 9.90 Å². The standard InChI is InChI=1S/C14H20N4O4/c1-4-18-13(21)11-12(17(3)14(18)22)15-9(16(11)2)7-5-6-8-10(19)20/h4-8H2,1-3H3,(H,19,20). The molecule has 2 heterocycles. The molecule has 0 aliphatic carbocycles. The lowest BCUT2D eigenvalue weighted by molar-refractivity contribution is -0.137. The van der Waals surface area contributed by atoms with Crippen LogP contribution >= 0.6 is 0 Å². The van der Waals surface area contributed by atoms with Crippen molar-refractivity contribution in [3.05, 3.63) is 26.7 Å². The zero-order valence-electron chi connectivity index (χ0n) is 13.0. The Kier molecular flexibility index (Phi) is 4.48. The number of hydrogen-bond donors (Lipinski definition) is 1. The van der Waals surface area contributed by atoms with Gasteiger partial charge in [0, 0.05) is 33.5 Å². The quantitative estimate of drug-likeness (QED) is 0.771. The summed E-state index contributed by atoms with van der Waals surface area (Å²) in [5.41, 5.74) is 0.0514. The highest BCUT2D eigenvalue weighted by atomic mass is 16.4. The predicted molar refractivity (Wildman–Crippen MR) is 81.1 cm³/mol. The summed E-state index contributed by atoms with van der Waals surface area (Å²) < 4.78 is 4.25. The Balaban J connectivity index is 2.43. The highest BCUT2D eigenvalue weighted by Gasteiger charge is 2.17. The van der Waals surface area contributed by atoms with E-state index in [0.717, 1.165) is 0 Å². The van der Waals surface area contributed by atoms with Crippen LogP contribution in [0.3, 0.4) is 0 Å². The largest absolute Gasteiger partial charge is 0.481 e. The molecule has 2 aromatic heterocycles. The molecule has 1 N–H and O–H groups in total. The number of fused-ring (bicyclic) bond motifs is 1. The summed E-state index contributed by atoms with van der Waals surface area (Å²) >= 11 is 0. The van der Waals surface area contributed by atoms with Crippen molar-refractivity contribution >= 4 is 17.1 Å². The Morgan fingerprint density at radius 1 is 1.18 bits per heavy atom. The summed E-state index contributed by atoms with van der Waals surface area (Å²) in [4.78, 5) is 39.4. The van der Waals surface area contributed by atoms with Gasteiger partial charge in [-0.2, -0.15) is 0 Å². The van der Waals surface area contributed by atoms with Crippen LogP contribution in [-0.2, 0) is 31.9 Å². The predicted octanol–water partition coefficient (Wildman–Crippen LogP) is 0.251. The fourth-order valence-corrected chi connectivity index (χ4v) is 2.55. The first-order chi connectivity index (χ1) is 10.4. The zero-order valence-corrected chi connectivity index (χ0v) is 13.0. The molecule has 0 saturated carbocycles. The first-order valence-electron chi connectivity index (χ1n) is 7.25. The minimum Gasteiger partial charge on any atom is -0.481 e. The van der Waals surface area contributed by atoms with E-state index < -0.39 is 5.97 Å². The third kappa shape index (κ3) is 2.68. The molecule has 0 aliphatic heterocycles. The van der Waals surface area contributed by atoms with Crippen molar-refractivity contribution in [1.29, 1.82) is 0 Å². The highest BCUT2D eigenvalue weighted by molar-refractivity contribution is 5.71. The van der Waals surface area contributed by atoms with E-state index in [4.69, 9.17) is 5.11 Å². The first kappa shape index (κ1) is 16.0. The maximum Gasteiger partial charge on any atom is 0.332 e. The average Bonchev–Trinajstić information content (AvgIpc) is 2.79. The fourth-order valence-electron chi connectivity index (χ4n) is 2.55. The van der Waals surface area contributed by atoms with Gasteiger partial charge in [-0.15, -0.1) is 0 Å². The third-order valence-corrected chi connectivity index (χ3v) is 3.81. The van der Waals surface area contributed by atoms with Gasteiger partial charge >= 0.3 is 11.7 Å². The number of aliphatic carboxylic acids is 1. The Bertz CT molecular complexity index is 828. The molecule has 8 heteroatoms. The summed E-state index contributed by atoms with van der Waals surface area (Å²) in [5, 5.41) is 8.64. The first-order valence-corrected chi connectivity index (χ1v) is 7.25. The summed E-state index contributed by atoms with van der Waals surface area (Å²) in [6.07, 6.45) is 1.90. The molecule has 0 bridgehead atoms. The molecular weight excluding hydrogens is 288 g/mol. The number of aryl methyl sites for hydroxylation is 3. The van der Waals surface area contributed by atoms with E-state index in [1.54, 1.807) is 25.6 Å². The van der Waals surface area contributed by atoms with Gasteiger partial charge in [0.2, 0.25) is 0 Å². The number of rotatable bonds is 6. The number of aromatic nitrogens is 4. The highest BCUT2D eigenvalue weighted by Crippen LogP contribution is 2.12. The number of nitrogens with zero attached hydrogens (tertiary/aromatic N) is 4. The molecular formula is C14H20N4O4. The van der Waals surface area contributed by atoms with Crippen LogP contribution in [0.1, 0.15) is 32.0 Å². The van der Waals surface area contributed by atoms with Crippen LogP contribution in [0.2, 0.25) is 0 Å². The van der Waals surface area contributed by atoms with E-state index >= 15 is 0 Å². The number of unbranched alkanes of at least 4 members (excludes halogenated alkanes) is 1. The maximum absolute atomic E-state index is 12.4. The number of imidazole rings is 1. The van der Waals surface area contributed by atoms with Crippen LogP contribution in [0.15, 0.2) is 9.59 Å². The molecule has 0 amide bonds.